The number of phenolic OH excluding ortho intramolecular Hbond substituents is 1. The summed E-state index contributed by atoms with van der Waals surface area (Å²) < 4.78 is 0.606. The van der Waals surface area contributed by atoms with Crippen LogP contribution in [0, 0.1) is 0 Å². The van der Waals surface area contributed by atoms with Gasteiger partial charge < -0.3 is 15.3 Å². The molecule has 0 spiro atoms. The Balaban J connectivity index is 2.18. The van der Waals surface area contributed by atoms with Gasteiger partial charge in [-0.15, -0.1) is 0 Å². The number of likely N-dealkylation sites (tertiary alicyclic amines) is 1. The van der Waals surface area contributed by atoms with E-state index in [1.165, 1.54) is 12.5 Å². The molecular weight excluding hydrogens is 308 g/mol. The molecule has 0 bridgehead atoms. The second kappa shape index (κ2) is 6.39. The highest BCUT2D eigenvalue weighted by atomic mass is 79.9. The van der Waals surface area contributed by atoms with Crippen molar-refractivity contribution in [3.63, 3.8) is 0 Å². The number of halogens is 1. The van der Waals surface area contributed by atoms with E-state index < -0.39 is 0 Å². The van der Waals surface area contributed by atoms with Crippen molar-refractivity contribution in [1.29, 1.82) is 0 Å². The quantitative estimate of drug-likeness (QED) is 0.896. The van der Waals surface area contributed by atoms with Gasteiger partial charge in [-0.3, -0.25) is 4.79 Å². The molecule has 1 unspecified atom stereocenters. The van der Waals surface area contributed by atoms with E-state index >= 15 is 0 Å². The highest BCUT2D eigenvalue weighted by Crippen LogP contribution is 2.26. The molecule has 0 aromatic heterocycles. The molecule has 1 aromatic rings. The van der Waals surface area contributed by atoms with Crippen LogP contribution in [0.15, 0.2) is 22.7 Å². The topological polar surface area (TPSA) is 52.6 Å². The van der Waals surface area contributed by atoms with Crippen molar-refractivity contribution >= 4 is 21.8 Å². The minimum Gasteiger partial charge on any atom is -0.507 e. The summed E-state index contributed by atoms with van der Waals surface area (Å²) in [6.45, 7) is 1.61. The minimum atomic E-state index is 0.00255. The molecule has 1 atom stereocenters. The summed E-state index contributed by atoms with van der Waals surface area (Å²) in [6, 6.07) is 5.23. The van der Waals surface area contributed by atoms with Crippen LogP contribution in [0.25, 0.3) is 0 Å². The number of benzene rings is 1. The number of rotatable bonds is 3. The Kier molecular flexibility index (Phi) is 4.82. The van der Waals surface area contributed by atoms with E-state index in [-0.39, 0.29) is 17.7 Å². The highest BCUT2D eigenvalue weighted by molar-refractivity contribution is 9.10. The predicted octanol–water partition coefficient (Wildman–Crippen LogP) is 2.37. The molecule has 1 heterocycles. The van der Waals surface area contributed by atoms with Crippen molar-refractivity contribution in [2.75, 3.05) is 20.1 Å². The van der Waals surface area contributed by atoms with Crippen LogP contribution in [0.1, 0.15) is 29.6 Å². The number of likely N-dealkylation sites (N-methyl/N-ethyl adjacent to an activating group) is 1. The molecule has 2 N–H and O–H groups in total. The normalized spacial score (nSPS) is 19.5. The van der Waals surface area contributed by atoms with Gasteiger partial charge in [0.15, 0.2) is 0 Å². The maximum atomic E-state index is 12.5. The number of hydrogen-bond donors (Lipinski definition) is 2. The predicted molar refractivity (Wildman–Crippen MR) is 78.4 cm³/mol. The number of hydrogen-bond acceptors (Lipinski definition) is 3. The maximum Gasteiger partial charge on any atom is 0.254 e. The van der Waals surface area contributed by atoms with Crippen molar-refractivity contribution in [2.24, 2.45) is 0 Å². The fourth-order valence-electron chi connectivity index (χ4n) is 2.53. The smallest absolute Gasteiger partial charge is 0.254 e. The molecule has 1 aliphatic heterocycles. The Bertz CT molecular complexity index is 463. The van der Waals surface area contributed by atoms with E-state index in [0.29, 0.717) is 10.0 Å². The van der Waals surface area contributed by atoms with Crippen molar-refractivity contribution in [1.82, 2.24) is 10.2 Å². The van der Waals surface area contributed by atoms with Gasteiger partial charge >= 0.3 is 0 Å². The summed E-state index contributed by atoms with van der Waals surface area (Å²) in [6.07, 6.45) is 3.26. The molecule has 104 valence electrons. The number of nitrogens with one attached hydrogen (secondary N) is 1. The lowest BCUT2D eigenvalue weighted by molar-refractivity contribution is 0.0614. The second-order valence-electron chi connectivity index (χ2n) is 4.87. The zero-order chi connectivity index (χ0) is 13.8. The second-order valence-corrected chi connectivity index (χ2v) is 5.73. The van der Waals surface area contributed by atoms with Crippen LogP contribution in [0.5, 0.6) is 5.75 Å². The van der Waals surface area contributed by atoms with Crippen LogP contribution in [0.4, 0.5) is 0 Å². The van der Waals surface area contributed by atoms with Crippen molar-refractivity contribution in [2.45, 2.75) is 25.3 Å². The lowest BCUT2D eigenvalue weighted by Crippen LogP contribution is -2.48. The van der Waals surface area contributed by atoms with Crippen molar-refractivity contribution in [3.8, 4) is 5.75 Å². The van der Waals surface area contributed by atoms with Gasteiger partial charge in [-0.2, -0.15) is 0 Å². The molecule has 1 saturated heterocycles. The number of aromatic hydroxyl groups is 1. The monoisotopic (exact) mass is 326 g/mol. The van der Waals surface area contributed by atoms with Gasteiger partial charge in [0.25, 0.3) is 5.91 Å². The highest BCUT2D eigenvalue weighted by Gasteiger charge is 2.27. The third kappa shape index (κ3) is 3.28. The molecule has 2 rings (SSSR count). The van der Waals surface area contributed by atoms with Gasteiger partial charge in [0.1, 0.15) is 5.75 Å². The number of carbonyl (C=O) groups is 1. The van der Waals surface area contributed by atoms with Gasteiger partial charge in [-0.1, -0.05) is 0 Å². The van der Waals surface area contributed by atoms with Crippen LogP contribution < -0.4 is 5.32 Å². The van der Waals surface area contributed by atoms with Gasteiger partial charge in [0, 0.05) is 24.7 Å². The van der Waals surface area contributed by atoms with E-state index in [1.54, 1.807) is 12.1 Å². The lowest BCUT2D eigenvalue weighted by atomic mass is 10.0. The first-order valence-corrected chi connectivity index (χ1v) is 7.37. The fraction of sp³-hybridized carbons (Fsp3) is 0.500. The molecule has 19 heavy (non-hydrogen) atoms. The molecular formula is C14H19BrN2O2. The van der Waals surface area contributed by atoms with Crippen LogP contribution in [-0.4, -0.2) is 42.1 Å². The van der Waals surface area contributed by atoms with Crippen molar-refractivity contribution < 1.29 is 9.90 Å². The van der Waals surface area contributed by atoms with Gasteiger partial charge in [0.2, 0.25) is 0 Å². The Morgan fingerprint density at radius 2 is 2.32 bits per heavy atom. The molecule has 0 aliphatic carbocycles. The number of piperidine rings is 1. The Labute approximate surface area is 121 Å². The van der Waals surface area contributed by atoms with E-state index in [2.05, 4.69) is 21.2 Å². The number of phenols is 1. The third-order valence-electron chi connectivity index (χ3n) is 3.52. The zero-order valence-corrected chi connectivity index (χ0v) is 12.6. The van der Waals surface area contributed by atoms with Gasteiger partial charge in [0.05, 0.1) is 4.47 Å². The summed E-state index contributed by atoms with van der Waals surface area (Å²) in [7, 11) is 1.91. The van der Waals surface area contributed by atoms with E-state index in [4.69, 9.17) is 0 Å². The number of amides is 1. The van der Waals surface area contributed by atoms with Crippen LogP contribution >= 0.6 is 15.9 Å². The molecule has 1 aliphatic rings. The first-order valence-electron chi connectivity index (χ1n) is 6.57. The standard InChI is InChI=1S/C14H19BrN2O2/c1-16-9-11-4-2-3-7-17(11)14(19)10-5-6-12(15)13(18)8-10/h5-6,8,11,16,18H,2-4,7,9H2,1H3. The third-order valence-corrected chi connectivity index (χ3v) is 4.19. The number of nitrogens with zero attached hydrogens (tertiary/aromatic N) is 1. The average Bonchev–Trinajstić information content (AvgIpc) is 2.42. The molecule has 4 nitrogen and oxygen atoms in total. The summed E-state index contributed by atoms with van der Waals surface area (Å²) in [5.41, 5.74) is 0.545. The van der Waals surface area contributed by atoms with Gasteiger partial charge in [-0.25, -0.2) is 0 Å². The molecule has 0 saturated carbocycles. The summed E-state index contributed by atoms with van der Waals surface area (Å²) in [5.74, 6) is 0.107. The molecule has 5 heteroatoms. The SMILES string of the molecule is CNCC1CCCCN1C(=O)c1ccc(Br)c(O)c1. The Morgan fingerprint density at radius 1 is 1.53 bits per heavy atom. The average molecular weight is 327 g/mol. The Hall–Kier alpha value is -1.07. The van der Waals surface area contributed by atoms with E-state index in [9.17, 15) is 9.90 Å². The van der Waals surface area contributed by atoms with Crippen molar-refractivity contribution in [3.05, 3.63) is 28.2 Å². The number of carbonyl (C=O) groups excluding carboxylic acids is 1. The molecule has 1 amide bonds. The first-order chi connectivity index (χ1) is 9.13. The zero-order valence-electron chi connectivity index (χ0n) is 11.0. The maximum absolute atomic E-state index is 12.5. The Morgan fingerprint density at radius 3 is 3.00 bits per heavy atom. The fourth-order valence-corrected chi connectivity index (χ4v) is 2.77. The van der Waals surface area contributed by atoms with Crippen LogP contribution in [0.2, 0.25) is 0 Å². The molecule has 1 aromatic carbocycles. The van der Waals surface area contributed by atoms with Crippen LogP contribution in [0.3, 0.4) is 0 Å². The van der Waals surface area contributed by atoms with Gasteiger partial charge in [-0.05, 0) is 60.4 Å². The van der Waals surface area contributed by atoms with E-state index in [1.807, 2.05) is 11.9 Å². The molecule has 0 radical (unpaired) electrons. The molecule has 1 fully saturated rings. The first kappa shape index (κ1) is 14.3. The largest absolute Gasteiger partial charge is 0.507 e. The summed E-state index contributed by atoms with van der Waals surface area (Å²) >= 11 is 3.23. The van der Waals surface area contributed by atoms with E-state index in [0.717, 1.165) is 25.9 Å². The minimum absolute atomic E-state index is 0.00255. The summed E-state index contributed by atoms with van der Waals surface area (Å²) in [5, 5.41) is 12.8. The van der Waals surface area contributed by atoms with Crippen LogP contribution in [-0.2, 0) is 0 Å². The lowest BCUT2D eigenvalue weighted by Gasteiger charge is -2.35. The summed E-state index contributed by atoms with van der Waals surface area (Å²) in [4.78, 5) is 14.4.